The average Bonchev–Trinajstić information content (AvgIpc) is 2.37. The van der Waals surface area contributed by atoms with E-state index in [9.17, 15) is 13.2 Å². The summed E-state index contributed by atoms with van der Waals surface area (Å²) < 4.78 is 36.7. The van der Waals surface area contributed by atoms with Gasteiger partial charge in [-0.05, 0) is 12.1 Å². The van der Waals surface area contributed by atoms with Crippen molar-refractivity contribution in [1.29, 1.82) is 0 Å². The van der Waals surface area contributed by atoms with Gasteiger partial charge in [0.25, 0.3) is 5.88 Å². The molecule has 0 bridgehead atoms. The second-order valence-electron chi connectivity index (χ2n) is 3.41. The molecule has 0 spiro atoms. The SMILES string of the molecule is COc1nc2ccccc2nc1N.O=C(O)C(F)(F)F. The molecular formula is C11H10F3N3O3. The van der Waals surface area contributed by atoms with E-state index in [0.29, 0.717) is 11.7 Å². The lowest BCUT2D eigenvalue weighted by atomic mass is 10.3. The van der Waals surface area contributed by atoms with Crippen molar-refractivity contribution in [2.24, 2.45) is 0 Å². The predicted octanol–water partition coefficient (Wildman–Crippen LogP) is 1.85. The third-order valence-corrected chi connectivity index (χ3v) is 2.00. The van der Waals surface area contributed by atoms with Gasteiger partial charge in [0, 0.05) is 0 Å². The fourth-order valence-electron chi connectivity index (χ4n) is 1.15. The van der Waals surface area contributed by atoms with Crippen molar-refractivity contribution in [2.45, 2.75) is 6.18 Å². The van der Waals surface area contributed by atoms with Crippen LogP contribution in [-0.2, 0) is 4.79 Å². The Kier molecular flexibility index (Phi) is 4.68. The molecule has 6 nitrogen and oxygen atoms in total. The predicted molar refractivity (Wildman–Crippen MR) is 64.2 cm³/mol. The smallest absolute Gasteiger partial charge is 0.478 e. The molecular weight excluding hydrogens is 279 g/mol. The zero-order valence-electron chi connectivity index (χ0n) is 10.2. The Labute approximate surface area is 111 Å². The highest BCUT2D eigenvalue weighted by atomic mass is 19.4. The summed E-state index contributed by atoms with van der Waals surface area (Å²) in [4.78, 5) is 17.2. The van der Waals surface area contributed by atoms with Gasteiger partial charge >= 0.3 is 12.1 Å². The van der Waals surface area contributed by atoms with Gasteiger partial charge in [0.15, 0.2) is 5.82 Å². The molecule has 0 saturated heterocycles. The number of anilines is 1. The molecule has 0 atom stereocenters. The van der Waals surface area contributed by atoms with Crippen LogP contribution in [0.5, 0.6) is 5.88 Å². The summed E-state index contributed by atoms with van der Waals surface area (Å²) >= 11 is 0. The minimum Gasteiger partial charge on any atom is -0.478 e. The summed E-state index contributed by atoms with van der Waals surface area (Å²) in [6.45, 7) is 0. The minimum absolute atomic E-state index is 0.321. The number of rotatable bonds is 1. The number of hydrogen-bond acceptors (Lipinski definition) is 5. The van der Waals surface area contributed by atoms with Crippen LogP contribution in [0.1, 0.15) is 0 Å². The number of carbonyl (C=O) groups is 1. The number of aliphatic carboxylic acids is 1. The number of ether oxygens (including phenoxy) is 1. The number of fused-ring (bicyclic) bond motifs is 1. The number of aromatic nitrogens is 2. The first-order valence-corrected chi connectivity index (χ1v) is 5.12. The summed E-state index contributed by atoms with van der Waals surface area (Å²) in [5, 5.41) is 7.12. The molecule has 1 aromatic carbocycles. The van der Waals surface area contributed by atoms with E-state index in [0.717, 1.165) is 11.0 Å². The van der Waals surface area contributed by atoms with Crippen molar-refractivity contribution in [3.05, 3.63) is 24.3 Å². The molecule has 0 unspecified atom stereocenters. The lowest BCUT2D eigenvalue weighted by Crippen LogP contribution is -2.21. The van der Waals surface area contributed by atoms with Crippen molar-refractivity contribution >= 4 is 22.8 Å². The van der Waals surface area contributed by atoms with E-state index < -0.39 is 12.1 Å². The van der Waals surface area contributed by atoms with Gasteiger partial charge in [-0.25, -0.2) is 14.8 Å². The van der Waals surface area contributed by atoms with Crippen LogP contribution < -0.4 is 10.5 Å². The van der Waals surface area contributed by atoms with E-state index in [1.54, 1.807) is 0 Å². The number of nitrogens with zero attached hydrogens (tertiary/aromatic N) is 2. The van der Waals surface area contributed by atoms with E-state index in [1.165, 1.54) is 7.11 Å². The maximum atomic E-state index is 10.6. The number of benzene rings is 1. The van der Waals surface area contributed by atoms with Gasteiger partial charge in [-0.1, -0.05) is 12.1 Å². The zero-order chi connectivity index (χ0) is 15.3. The molecule has 2 rings (SSSR count). The maximum absolute atomic E-state index is 10.6. The molecule has 0 amide bonds. The number of carboxylic acids is 1. The second kappa shape index (κ2) is 6.04. The van der Waals surface area contributed by atoms with Crippen LogP contribution in [0.4, 0.5) is 19.0 Å². The highest BCUT2D eigenvalue weighted by molar-refractivity contribution is 5.76. The summed E-state index contributed by atoms with van der Waals surface area (Å²) in [5.41, 5.74) is 7.16. The third-order valence-electron chi connectivity index (χ3n) is 2.00. The minimum atomic E-state index is -5.08. The Morgan fingerprint density at radius 2 is 1.70 bits per heavy atom. The molecule has 0 saturated carbocycles. The fraction of sp³-hybridized carbons (Fsp3) is 0.182. The van der Waals surface area contributed by atoms with Crippen LogP contribution in [0.2, 0.25) is 0 Å². The van der Waals surface area contributed by atoms with Crippen molar-refractivity contribution in [1.82, 2.24) is 9.97 Å². The number of halogens is 3. The third kappa shape index (κ3) is 3.97. The zero-order valence-corrected chi connectivity index (χ0v) is 10.2. The quantitative estimate of drug-likeness (QED) is 0.831. The normalized spacial score (nSPS) is 10.6. The molecule has 0 aliphatic rings. The number of para-hydroxylation sites is 2. The topological polar surface area (TPSA) is 98.3 Å². The molecule has 0 radical (unpaired) electrons. The molecule has 3 N–H and O–H groups in total. The highest BCUT2D eigenvalue weighted by Crippen LogP contribution is 2.19. The summed E-state index contributed by atoms with van der Waals surface area (Å²) in [5.74, 6) is -2.06. The number of hydrogen-bond donors (Lipinski definition) is 2. The van der Waals surface area contributed by atoms with Crippen LogP contribution in [-0.4, -0.2) is 34.3 Å². The second-order valence-corrected chi connectivity index (χ2v) is 3.41. The van der Waals surface area contributed by atoms with E-state index in [-0.39, 0.29) is 0 Å². The van der Waals surface area contributed by atoms with Gasteiger partial charge in [-0.15, -0.1) is 0 Å². The largest absolute Gasteiger partial charge is 0.490 e. The summed E-state index contributed by atoms with van der Waals surface area (Å²) in [7, 11) is 1.52. The Hall–Kier alpha value is -2.58. The van der Waals surface area contributed by atoms with Crippen LogP contribution >= 0.6 is 0 Å². The van der Waals surface area contributed by atoms with Crippen molar-refractivity contribution in [2.75, 3.05) is 12.8 Å². The number of methoxy groups -OCH3 is 1. The van der Waals surface area contributed by atoms with E-state index in [2.05, 4.69) is 9.97 Å². The van der Waals surface area contributed by atoms with Gasteiger partial charge in [-0.2, -0.15) is 13.2 Å². The summed E-state index contributed by atoms with van der Waals surface area (Å²) in [6, 6.07) is 7.51. The first-order chi connectivity index (χ1) is 9.25. The monoisotopic (exact) mass is 289 g/mol. The van der Waals surface area contributed by atoms with E-state index in [1.807, 2.05) is 24.3 Å². The van der Waals surface area contributed by atoms with Crippen LogP contribution in [0.15, 0.2) is 24.3 Å². The van der Waals surface area contributed by atoms with Crippen molar-refractivity contribution < 1.29 is 27.8 Å². The van der Waals surface area contributed by atoms with Crippen LogP contribution in [0.3, 0.4) is 0 Å². The molecule has 0 aliphatic heterocycles. The van der Waals surface area contributed by atoms with Crippen LogP contribution in [0, 0.1) is 0 Å². The molecule has 20 heavy (non-hydrogen) atoms. The number of nitrogen functional groups attached to an aromatic ring is 1. The van der Waals surface area contributed by atoms with Gasteiger partial charge in [0.05, 0.1) is 18.1 Å². The van der Waals surface area contributed by atoms with E-state index in [4.69, 9.17) is 20.4 Å². The number of nitrogens with two attached hydrogens (primary N) is 1. The van der Waals surface area contributed by atoms with Crippen LogP contribution in [0.25, 0.3) is 11.0 Å². The lowest BCUT2D eigenvalue weighted by molar-refractivity contribution is -0.192. The van der Waals surface area contributed by atoms with Gasteiger partial charge in [-0.3, -0.25) is 0 Å². The molecule has 1 aromatic heterocycles. The summed E-state index contributed by atoms with van der Waals surface area (Å²) in [6.07, 6.45) is -5.08. The number of carboxylic acid groups (broad SMARTS) is 1. The van der Waals surface area contributed by atoms with Crippen molar-refractivity contribution in [3.8, 4) is 5.88 Å². The Morgan fingerprint density at radius 3 is 2.10 bits per heavy atom. The molecule has 2 aromatic rings. The first-order valence-electron chi connectivity index (χ1n) is 5.12. The van der Waals surface area contributed by atoms with Gasteiger partial charge in [0.2, 0.25) is 0 Å². The highest BCUT2D eigenvalue weighted by Gasteiger charge is 2.38. The fourth-order valence-corrected chi connectivity index (χ4v) is 1.15. The van der Waals surface area contributed by atoms with Gasteiger partial charge < -0.3 is 15.6 Å². The molecule has 0 fully saturated rings. The first kappa shape index (κ1) is 15.5. The molecule has 1 heterocycles. The molecule has 0 aliphatic carbocycles. The Bertz CT molecular complexity index is 617. The molecule has 108 valence electrons. The number of alkyl halides is 3. The standard InChI is InChI=1S/C9H9N3O.C2HF3O2/c1-13-9-8(10)11-6-4-2-3-5-7(6)12-9;3-2(4,5)1(6)7/h2-5H,1H3,(H2,10,11);(H,6,7). The lowest BCUT2D eigenvalue weighted by Gasteiger charge is -2.03. The average molecular weight is 289 g/mol. The van der Waals surface area contributed by atoms with Crippen molar-refractivity contribution in [3.63, 3.8) is 0 Å². The maximum Gasteiger partial charge on any atom is 0.490 e. The Balaban J connectivity index is 0.000000246. The van der Waals surface area contributed by atoms with Gasteiger partial charge in [0.1, 0.15) is 0 Å². The Morgan fingerprint density at radius 1 is 1.25 bits per heavy atom. The molecule has 9 heteroatoms. The van der Waals surface area contributed by atoms with E-state index >= 15 is 0 Å².